The van der Waals surface area contributed by atoms with Crippen molar-refractivity contribution in [2.24, 2.45) is 35.2 Å². The first-order valence-electron chi connectivity index (χ1n) is 49.4. The fourth-order valence-corrected chi connectivity index (χ4v) is 20.9. The van der Waals surface area contributed by atoms with E-state index in [2.05, 4.69) is 273 Å². The number of rotatable bonds is 5. The van der Waals surface area contributed by atoms with Gasteiger partial charge in [0.15, 0.2) is 29.8 Å². The molecule has 10 aromatic heterocycles. The second kappa shape index (κ2) is 31.8. The highest BCUT2D eigenvalue weighted by molar-refractivity contribution is 5.98. The molecule has 0 saturated heterocycles. The summed E-state index contributed by atoms with van der Waals surface area (Å²) in [5, 5.41) is 8.40. The molecule has 0 radical (unpaired) electrons. The first kappa shape index (κ1) is 73.1. The van der Waals surface area contributed by atoms with Gasteiger partial charge in [-0.05, 0) is 286 Å². The van der Waals surface area contributed by atoms with Crippen LogP contribution in [0.25, 0.3) is 139 Å². The van der Waals surface area contributed by atoms with Crippen LogP contribution in [0.1, 0.15) is 159 Å². The van der Waals surface area contributed by atoms with Crippen molar-refractivity contribution in [3.63, 3.8) is 0 Å². The van der Waals surface area contributed by atoms with E-state index in [0.29, 0.717) is 36.0 Å². The van der Waals surface area contributed by atoms with Crippen LogP contribution in [-0.4, -0.2) is 57.7 Å². The Morgan fingerprint density at radius 2 is 0.733 bits per heavy atom. The summed E-state index contributed by atoms with van der Waals surface area (Å²) < 4.78 is 95.5. The zero-order chi connectivity index (χ0) is 98.4. The molecule has 0 aliphatic carbocycles. The van der Waals surface area contributed by atoms with Gasteiger partial charge in [0.25, 0.3) is 12.7 Å². The van der Waals surface area contributed by atoms with Gasteiger partial charge in [-0.2, -0.15) is 0 Å². The topological polar surface area (TPSA) is 134 Å². The lowest BCUT2D eigenvalue weighted by Gasteiger charge is -2.15. The van der Waals surface area contributed by atoms with Crippen molar-refractivity contribution in [1.82, 2.24) is 57.7 Å². The zero-order valence-electron chi connectivity index (χ0n) is 86.5. The number of fused-ring (bicyclic) bond motifs is 21. The Labute approximate surface area is 778 Å². The Balaban J connectivity index is 0.000000104. The molecule has 15 heterocycles. The smallest absolute Gasteiger partial charge is 0.287 e. The predicted octanol–water partition coefficient (Wildman–Crippen LogP) is 20.8. The molecule has 0 bridgehead atoms. The zero-order valence-corrected chi connectivity index (χ0v) is 77.5. The van der Waals surface area contributed by atoms with Crippen molar-refractivity contribution >= 4 is 54.3 Å². The summed E-state index contributed by atoms with van der Waals surface area (Å²) in [5.74, 6) is 4.96. The summed E-state index contributed by atoms with van der Waals surface area (Å²) in [4.78, 5) is 32.0. The Morgan fingerprint density at radius 3 is 1.26 bits per heavy atom. The summed E-state index contributed by atoms with van der Waals surface area (Å²) in [6.45, 7) is 20.4. The number of benzene rings is 10. The van der Waals surface area contributed by atoms with Gasteiger partial charge in [-0.3, -0.25) is 4.57 Å². The Hall–Kier alpha value is -14.8. The van der Waals surface area contributed by atoms with Crippen LogP contribution in [0, 0.1) is 111 Å². The van der Waals surface area contributed by atoms with E-state index in [9.17, 15) is 0 Å². The SMILES string of the molecule is Cc1c(-c2c3ccccc3cc[n+]2C)cc2c(c1C)Cc1nccn1-2.Cc1ccc2c(-c3cc4c(c(C)c3C)Cc3nc(C)cn3-4)[n+](C)ccc2c1.[2H]C([2H])([2H])c1c(C)c(-c2c3ccc(C)cc3nc[n+]2C)cc2c1Cc1nc(C)cn1-2.[2H]C([2H])([2H])c1c(C)c(-c2c3ccccc3cc[n+]2C)cc2c1Cc1nccn1-2.[2H]C([2H])([2H])c1c(C)c(-c2cc(C)nc[n+]2C)cc2c1Cc1nc3c(C)cccc3n1-2. The van der Waals surface area contributed by atoms with Crippen LogP contribution in [0.3, 0.4) is 0 Å². The van der Waals surface area contributed by atoms with E-state index in [1.54, 1.807) is 18.9 Å². The lowest BCUT2D eigenvalue weighted by Crippen LogP contribution is -2.32. The number of imidazole rings is 5. The molecule has 0 fully saturated rings. The van der Waals surface area contributed by atoms with Gasteiger partial charge in [-0.1, -0.05) is 77.3 Å². The molecular formula is C114H110N17+5. The van der Waals surface area contributed by atoms with Gasteiger partial charge in [-0.15, -0.1) is 0 Å². The second-order valence-electron chi connectivity index (χ2n) is 36.4. The third-order valence-electron chi connectivity index (χ3n) is 28.1. The van der Waals surface area contributed by atoms with E-state index in [1.165, 1.54) is 94.4 Å². The van der Waals surface area contributed by atoms with Crippen LogP contribution in [-0.2, 0) is 67.3 Å². The molecule has 5 aliphatic heterocycles. The van der Waals surface area contributed by atoms with Crippen LogP contribution in [0.15, 0.2) is 226 Å². The number of hydrogen-bond acceptors (Lipinski definition) is 7. The standard InChI is InChI=1S/C24H24N3.2C23H23N4.2C22H20N3/c1-14-6-7-19-18(10-14)8-9-26(5)24(19)21-11-22-20(16(3)17(21)4)12-23-25-15(2)13-27(22)23;1-13-6-7-17-20(8-13)24-12-26(5)23(17)19-9-21-18(15(3)16(19)4)10-22-25-14(2)11-27(21)22;1-13-7-6-8-19-23(13)25-22-11-18-16(4)15(3)17(10-21(18)27(19)22)20-9-14(2)24-12-26(20)5;2*1-14-15(2)19(12-20-18(14)13-21-23-9-11-25(20)21)22-17-7-5-4-6-16(17)8-10-24(22)3/h6-11,13H,12H2,1-5H3;6-9,11-12H,10H2,1-5H3;6-10,12H,11H2,1-5H3;2*4-12H,13H2,1-3H3/q5*+1/i;3D3;4D3;1D3;. The van der Waals surface area contributed by atoms with E-state index in [0.717, 1.165) is 187 Å². The van der Waals surface area contributed by atoms with E-state index in [-0.39, 0.29) is 0 Å². The number of pyridine rings is 3. The van der Waals surface area contributed by atoms with Gasteiger partial charge in [-0.25, -0.2) is 47.8 Å². The molecule has 0 unspecified atom stereocenters. The number of para-hydroxylation sites is 1. The quantitative estimate of drug-likeness (QED) is 0.157. The van der Waals surface area contributed by atoms with Crippen LogP contribution in [0.2, 0.25) is 0 Å². The lowest BCUT2D eigenvalue weighted by molar-refractivity contribution is -0.663. The molecule has 131 heavy (non-hydrogen) atoms. The van der Waals surface area contributed by atoms with Crippen LogP contribution in [0.4, 0.5) is 0 Å². The summed E-state index contributed by atoms with van der Waals surface area (Å²) in [6, 6.07) is 55.5. The maximum absolute atomic E-state index is 8.28. The minimum Gasteiger partial charge on any atom is -0.303 e. The normalized spacial score (nSPS) is 13.8. The summed E-state index contributed by atoms with van der Waals surface area (Å²) >= 11 is 0. The monoisotopic (exact) mass is 1730 g/mol. The highest BCUT2D eigenvalue weighted by Gasteiger charge is 2.35. The maximum atomic E-state index is 8.28. The first-order chi connectivity index (χ1) is 66.8. The minimum atomic E-state index is -2.21. The van der Waals surface area contributed by atoms with Gasteiger partial charge < -0.3 is 18.3 Å². The van der Waals surface area contributed by atoms with Crippen molar-refractivity contribution in [3.8, 4) is 84.7 Å². The predicted molar refractivity (Wildman–Crippen MR) is 524 cm³/mol. The fraction of sp³-hybridized carbons (Fsp3) is 0.228. The average molecular weight is 1730 g/mol. The van der Waals surface area contributed by atoms with E-state index >= 15 is 0 Å². The molecule has 0 saturated carbocycles. The molecule has 0 spiro atoms. The molecule has 646 valence electrons. The minimum absolute atomic E-state index is 0.440. The summed E-state index contributed by atoms with van der Waals surface area (Å²) in [5.41, 5.74) is 40.2. The second-order valence-corrected chi connectivity index (χ2v) is 36.4. The van der Waals surface area contributed by atoms with Gasteiger partial charge >= 0.3 is 0 Å². The molecule has 17 heteroatoms. The molecule has 20 aromatic rings. The molecule has 5 aliphatic rings. The number of hydrogen-bond donors (Lipinski definition) is 0. The third kappa shape index (κ3) is 13.7. The van der Waals surface area contributed by atoms with Crippen molar-refractivity contribution in [2.45, 2.75) is 143 Å². The number of aromatic nitrogens is 17. The molecule has 10 aromatic carbocycles. The number of nitrogens with zero attached hydrogens (tertiary/aromatic N) is 17. The maximum Gasteiger partial charge on any atom is 0.287 e. The molecule has 0 N–H and O–H groups in total. The fourth-order valence-electron chi connectivity index (χ4n) is 20.9. The van der Waals surface area contributed by atoms with Gasteiger partial charge in [0.2, 0.25) is 17.1 Å². The Morgan fingerprint density at radius 1 is 0.313 bits per heavy atom. The first-order valence-corrected chi connectivity index (χ1v) is 44.9. The highest BCUT2D eigenvalue weighted by atomic mass is 15.1. The molecule has 0 amide bonds. The van der Waals surface area contributed by atoms with Crippen LogP contribution in [0.5, 0.6) is 0 Å². The summed E-state index contributed by atoms with van der Waals surface area (Å²) in [7, 11) is 10.2. The molecule has 0 atom stereocenters. The molecule has 17 nitrogen and oxygen atoms in total. The average Bonchev–Trinajstić information content (AvgIpc) is 1.56. The van der Waals surface area contributed by atoms with E-state index in [4.69, 9.17) is 22.3 Å². The van der Waals surface area contributed by atoms with Gasteiger partial charge in [0.1, 0.15) is 61.7 Å². The molecular weight excluding hydrogens is 1610 g/mol. The Kier molecular flexibility index (Phi) is 17.8. The lowest BCUT2D eigenvalue weighted by atomic mass is 9.91. The van der Waals surface area contributed by atoms with Gasteiger partial charge in [0.05, 0.1) is 103 Å². The van der Waals surface area contributed by atoms with Crippen molar-refractivity contribution in [2.75, 3.05) is 0 Å². The summed E-state index contributed by atoms with van der Waals surface area (Å²) in [6.07, 6.45) is 25.2. The van der Waals surface area contributed by atoms with E-state index in [1.807, 2.05) is 130 Å². The van der Waals surface area contributed by atoms with Crippen LogP contribution < -0.4 is 22.8 Å². The van der Waals surface area contributed by atoms with Crippen LogP contribution >= 0.6 is 0 Å². The number of aryl methyl sites for hydroxylation is 11. The van der Waals surface area contributed by atoms with Crippen molar-refractivity contribution in [3.05, 3.63) is 372 Å². The third-order valence-corrected chi connectivity index (χ3v) is 28.1. The van der Waals surface area contributed by atoms with Crippen molar-refractivity contribution in [1.29, 1.82) is 0 Å². The van der Waals surface area contributed by atoms with Crippen molar-refractivity contribution < 1.29 is 35.2 Å². The highest BCUT2D eigenvalue weighted by Crippen LogP contribution is 2.46. The molecule has 25 rings (SSSR count). The Bertz CT molecular complexity index is 8670. The van der Waals surface area contributed by atoms with Gasteiger partial charge in [0, 0.05) is 124 Å². The van der Waals surface area contributed by atoms with E-state index < -0.39 is 20.6 Å². The largest absolute Gasteiger partial charge is 0.303 e.